The first-order valence-corrected chi connectivity index (χ1v) is 18.0. The van der Waals surface area contributed by atoms with Gasteiger partial charge in [0.25, 0.3) is 0 Å². The van der Waals surface area contributed by atoms with Crippen molar-refractivity contribution in [1.29, 1.82) is 21.0 Å². The lowest BCUT2D eigenvalue weighted by Gasteiger charge is -2.21. The summed E-state index contributed by atoms with van der Waals surface area (Å²) in [6, 6.07) is 58.7. The standard InChI is InChI=1S/C49H26N8/c50-27-31-9-7-15-37(21-31)40-25-39(49-55-47(35-11-3-1-4-12-35)54-48(56-49)36-13-5-2-6-14-36)26-41(38-16-8-10-32(22-38)28-51)46(40)57-44-19-17-33(29-52)23-42(44)43-24-34(30-53)18-20-45(43)57/h1-26H. The highest BCUT2D eigenvalue weighted by molar-refractivity contribution is 6.11. The average molecular weight is 727 g/mol. The largest absolute Gasteiger partial charge is 0.308 e. The third kappa shape index (κ3) is 6.19. The van der Waals surface area contributed by atoms with E-state index in [2.05, 4.69) is 28.8 Å². The van der Waals surface area contributed by atoms with E-state index in [1.54, 1.807) is 24.3 Å². The third-order valence-electron chi connectivity index (χ3n) is 9.92. The summed E-state index contributed by atoms with van der Waals surface area (Å²) in [7, 11) is 0. The first-order chi connectivity index (χ1) is 28.0. The number of rotatable bonds is 6. The highest BCUT2D eigenvalue weighted by Crippen LogP contribution is 2.44. The molecule has 0 unspecified atom stereocenters. The van der Waals surface area contributed by atoms with Gasteiger partial charge in [-0.05, 0) is 83.9 Å². The molecule has 0 saturated heterocycles. The molecule has 0 aliphatic rings. The number of hydrogen-bond acceptors (Lipinski definition) is 7. The van der Waals surface area contributed by atoms with E-state index in [9.17, 15) is 21.0 Å². The van der Waals surface area contributed by atoms with E-state index in [1.165, 1.54) is 0 Å². The Labute approximate surface area is 327 Å². The van der Waals surface area contributed by atoms with E-state index in [0.717, 1.165) is 60.9 Å². The van der Waals surface area contributed by atoms with Gasteiger partial charge in [0, 0.05) is 38.6 Å². The molecule has 0 atom stereocenters. The van der Waals surface area contributed by atoms with Crippen LogP contribution in [0.1, 0.15) is 22.3 Å². The first kappa shape index (κ1) is 34.1. The molecule has 2 heterocycles. The van der Waals surface area contributed by atoms with Crippen LogP contribution in [0, 0.1) is 45.3 Å². The van der Waals surface area contributed by atoms with Crippen LogP contribution in [-0.4, -0.2) is 19.5 Å². The van der Waals surface area contributed by atoms with Gasteiger partial charge in [0.1, 0.15) is 0 Å². The van der Waals surface area contributed by atoms with Gasteiger partial charge < -0.3 is 4.57 Å². The Morgan fingerprint density at radius 1 is 0.351 bits per heavy atom. The van der Waals surface area contributed by atoms with E-state index >= 15 is 0 Å². The molecule has 0 radical (unpaired) electrons. The van der Waals surface area contributed by atoms with Crippen molar-refractivity contribution in [3.8, 4) is 86.4 Å². The number of benzene rings is 7. The lowest BCUT2D eigenvalue weighted by Crippen LogP contribution is -2.04. The van der Waals surface area contributed by atoms with Crippen molar-refractivity contribution in [1.82, 2.24) is 19.5 Å². The number of nitriles is 4. The number of aromatic nitrogens is 4. The van der Waals surface area contributed by atoms with Crippen molar-refractivity contribution in [2.75, 3.05) is 0 Å². The summed E-state index contributed by atoms with van der Waals surface area (Å²) in [4.78, 5) is 15.1. The number of hydrogen-bond donors (Lipinski definition) is 0. The average Bonchev–Trinajstić information content (AvgIpc) is 3.61. The summed E-state index contributed by atoms with van der Waals surface area (Å²) < 4.78 is 2.14. The summed E-state index contributed by atoms with van der Waals surface area (Å²) in [5.74, 6) is 1.45. The van der Waals surface area contributed by atoms with E-state index < -0.39 is 0 Å². The lowest BCUT2D eigenvalue weighted by atomic mass is 9.91. The topological polar surface area (TPSA) is 139 Å². The second kappa shape index (κ2) is 14.3. The molecule has 8 heteroatoms. The molecule has 9 aromatic rings. The smallest absolute Gasteiger partial charge is 0.164 e. The molecule has 0 N–H and O–H groups in total. The fraction of sp³-hybridized carbons (Fsp3) is 0. The van der Waals surface area contributed by atoms with Gasteiger partial charge in [0.2, 0.25) is 0 Å². The molecule has 262 valence electrons. The van der Waals surface area contributed by atoms with Gasteiger partial charge in [-0.2, -0.15) is 21.0 Å². The van der Waals surface area contributed by atoms with Crippen molar-refractivity contribution in [3.63, 3.8) is 0 Å². The molecular formula is C49H26N8. The first-order valence-electron chi connectivity index (χ1n) is 18.0. The van der Waals surface area contributed by atoms with Crippen LogP contribution in [0.3, 0.4) is 0 Å². The van der Waals surface area contributed by atoms with Gasteiger partial charge in [-0.15, -0.1) is 0 Å². The Morgan fingerprint density at radius 3 is 1.16 bits per heavy atom. The molecule has 0 bridgehead atoms. The maximum Gasteiger partial charge on any atom is 0.164 e. The number of nitrogens with zero attached hydrogens (tertiary/aromatic N) is 8. The Kier molecular flexibility index (Phi) is 8.54. The highest BCUT2D eigenvalue weighted by atomic mass is 15.0. The SMILES string of the molecule is N#Cc1cccc(-c2cc(-c3nc(-c4ccccc4)nc(-c4ccccc4)n3)cc(-c3cccc(C#N)c3)c2-n2c3ccc(C#N)cc3c3cc(C#N)ccc32)c1. The Morgan fingerprint density at radius 2 is 0.737 bits per heavy atom. The Balaban J connectivity index is 1.45. The Bertz CT molecular complexity index is 3020. The highest BCUT2D eigenvalue weighted by Gasteiger charge is 2.24. The monoisotopic (exact) mass is 726 g/mol. The van der Waals surface area contributed by atoms with Crippen LogP contribution in [0.5, 0.6) is 0 Å². The van der Waals surface area contributed by atoms with Crippen molar-refractivity contribution >= 4 is 21.8 Å². The van der Waals surface area contributed by atoms with E-state index in [-0.39, 0.29) is 0 Å². The maximum absolute atomic E-state index is 10.1. The van der Waals surface area contributed by atoms with Crippen LogP contribution in [0.15, 0.2) is 158 Å². The van der Waals surface area contributed by atoms with E-state index in [1.807, 2.05) is 133 Å². The van der Waals surface area contributed by atoms with Crippen molar-refractivity contribution in [2.45, 2.75) is 0 Å². The second-order valence-corrected chi connectivity index (χ2v) is 13.4. The van der Waals surface area contributed by atoms with Crippen molar-refractivity contribution in [2.24, 2.45) is 0 Å². The van der Waals surface area contributed by atoms with Crippen LogP contribution >= 0.6 is 0 Å². The third-order valence-corrected chi connectivity index (χ3v) is 9.92. The molecule has 0 fully saturated rings. The van der Waals surface area contributed by atoms with Crippen LogP contribution < -0.4 is 0 Å². The zero-order valence-corrected chi connectivity index (χ0v) is 30.1. The summed E-state index contributed by atoms with van der Waals surface area (Å²) in [6.45, 7) is 0. The summed E-state index contributed by atoms with van der Waals surface area (Å²) in [5, 5.41) is 41.6. The molecule has 8 nitrogen and oxygen atoms in total. The number of fused-ring (bicyclic) bond motifs is 3. The molecule has 7 aromatic carbocycles. The molecule has 0 aliphatic heterocycles. The lowest BCUT2D eigenvalue weighted by molar-refractivity contribution is 1.07. The molecular weight excluding hydrogens is 701 g/mol. The predicted octanol–water partition coefficient (Wildman–Crippen LogP) is 10.8. The summed E-state index contributed by atoms with van der Waals surface area (Å²) in [5.41, 5.74) is 9.71. The van der Waals surface area contributed by atoms with Crippen LogP contribution in [0.25, 0.3) is 83.9 Å². The molecule has 0 amide bonds. The molecule has 57 heavy (non-hydrogen) atoms. The van der Waals surface area contributed by atoms with Crippen LogP contribution in [0.4, 0.5) is 0 Å². The van der Waals surface area contributed by atoms with Gasteiger partial charge in [0.05, 0.1) is 63.3 Å². The normalized spacial score (nSPS) is 10.7. The quantitative estimate of drug-likeness (QED) is 0.166. The Hall–Kier alpha value is -8.69. The molecule has 0 saturated carbocycles. The van der Waals surface area contributed by atoms with Gasteiger partial charge >= 0.3 is 0 Å². The fourth-order valence-electron chi connectivity index (χ4n) is 7.30. The zero-order valence-electron chi connectivity index (χ0n) is 30.1. The zero-order chi connectivity index (χ0) is 38.9. The van der Waals surface area contributed by atoms with Crippen molar-refractivity contribution in [3.05, 3.63) is 180 Å². The van der Waals surface area contributed by atoms with Crippen LogP contribution in [0.2, 0.25) is 0 Å². The summed E-state index contributed by atoms with van der Waals surface area (Å²) in [6.07, 6.45) is 0. The van der Waals surface area contributed by atoms with Gasteiger partial charge in [-0.25, -0.2) is 15.0 Å². The maximum atomic E-state index is 10.1. The predicted molar refractivity (Wildman–Crippen MR) is 220 cm³/mol. The second-order valence-electron chi connectivity index (χ2n) is 13.4. The fourth-order valence-corrected chi connectivity index (χ4v) is 7.30. The van der Waals surface area contributed by atoms with Gasteiger partial charge in [0.15, 0.2) is 17.5 Å². The molecule has 0 spiro atoms. The van der Waals surface area contributed by atoms with E-state index in [4.69, 9.17) is 15.0 Å². The van der Waals surface area contributed by atoms with Crippen molar-refractivity contribution < 1.29 is 0 Å². The van der Waals surface area contributed by atoms with Gasteiger partial charge in [-0.3, -0.25) is 0 Å². The van der Waals surface area contributed by atoms with Crippen LogP contribution in [-0.2, 0) is 0 Å². The van der Waals surface area contributed by atoms with Gasteiger partial charge in [-0.1, -0.05) is 84.9 Å². The minimum absolute atomic E-state index is 0.434. The molecule has 0 aliphatic carbocycles. The van der Waals surface area contributed by atoms with E-state index in [0.29, 0.717) is 45.3 Å². The molecule has 2 aromatic heterocycles. The minimum atomic E-state index is 0.434. The summed E-state index contributed by atoms with van der Waals surface area (Å²) >= 11 is 0. The minimum Gasteiger partial charge on any atom is -0.308 e. The molecule has 9 rings (SSSR count).